The summed E-state index contributed by atoms with van der Waals surface area (Å²) in [5, 5.41) is 0. The number of ether oxygens (including phenoxy) is 3. The van der Waals surface area contributed by atoms with Crippen molar-refractivity contribution in [1.29, 1.82) is 0 Å². The Labute approximate surface area is 299 Å². The first-order valence-electron chi connectivity index (χ1n) is 18.1. The highest BCUT2D eigenvalue weighted by atomic mass is 19.1. The van der Waals surface area contributed by atoms with Gasteiger partial charge in [-0.1, -0.05) is 0 Å². The number of nitrogens with zero attached hydrogens (tertiary/aromatic N) is 7. The van der Waals surface area contributed by atoms with Crippen LogP contribution in [0.15, 0.2) is 43.0 Å². The van der Waals surface area contributed by atoms with Crippen LogP contribution in [0.25, 0.3) is 0 Å². The Bertz CT molecular complexity index is 1700. The lowest BCUT2D eigenvalue weighted by molar-refractivity contribution is -0.00716. The number of aromatic nitrogens is 3. The van der Waals surface area contributed by atoms with Crippen LogP contribution in [-0.2, 0) is 17.7 Å². The van der Waals surface area contributed by atoms with E-state index in [1.165, 1.54) is 24.5 Å². The van der Waals surface area contributed by atoms with E-state index in [-0.39, 0.29) is 35.5 Å². The maximum atomic E-state index is 14.3. The molecule has 6 rings (SSSR count). The van der Waals surface area contributed by atoms with Gasteiger partial charge in [-0.15, -0.1) is 0 Å². The first-order chi connectivity index (χ1) is 24.4. The highest BCUT2D eigenvalue weighted by molar-refractivity contribution is 5.97. The van der Waals surface area contributed by atoms with Crippen LogP contribution in [0.2, 0.25) is 0 Å². The van der Waals surface area contributed by atoms with Crippen molar-refractivity contribution in [3.8, 4) is 17.2 Å². The molecule has 13 heteroatoms. The van der Waals surface area contributed by atoms with Gasteiger partial charge in [-0.3, -0.25) is 14.7 Å². The predicted octanol–water partition coefficient (Wildman–Crippen LogP) is 5.95. The second kappa shape index (κ2) is 15.4. The first kappa shape index (κ1) is 36.3. The molecule has 0 saturated carbocycles. The number of halogens is 1. The summed E-state index contributed by atoms with van der Waals surface area (Å²) in [6, 6.07) is 5.91. The Morgan fingerprint density at radius 1 is 1.04 bits per heavy atom. The Balaban J connectivity index is 1.06. The smallest absolute Gasteiger partial charge is 0.410 e. The summed E-state index contributed by atoms with van der Waals surface area (Å²) in [5.41, 5.74) is 1.89. The van der Waals surface area contributed by atoms with E-state index in [0.717, 1.165) is 55.9 Å². The minimum atomic E-state index is -0.509. The van der Waals surface area contributed by atoms with E-state index in [0.29, 0.717) is 50.2 Å². The number of rotatable bonds is 10. The molecule has 3 aromatic rings. The van der Waals surface area contributed by atoms with Gasteiger partial charge in [-0.2, -0.15) is 0 Å². The van der Waals surface area contributed by atoms with Crippen molar-refractivity contribution in [2.24, 2.45) is 5.92 Å². The molecule has 51 heavy (non-hydrogen) atoms. The van der Waals surface area contributed by atoms with E-state index in [1.807, 2.05) is 53.8 Å². The van der Waals surface area contributed by atoms with Gasteiger partial charge in [0.2, 0.25) is 0 Å². The van der Waals surface area contributed by atoms with Gasteiger partial charge >= 0.3 is 6.09 Å². The van der Waals surface area contributed by atoms with Gasteiger partial charge < -0.3 is 28.9 Å². The molecule has 0 atom stereocenters. The summed E-state index contributed by atoms with van der Waals surface area (Å²) in [4.78, 5) is 47.2. The highest BCUT2D eigenvalue weighted by Gasteiger charge is 2.36. The van der Waals surface area contributed by atoms with Gasteiger partial charge in [0, 0.05) is 101 Å². The summed E-state index contributed by atoms with van der Waals surface area (Å²) in [6.45, 7) is 17.3. The van der Waals surface area contributed by atoms with E-state index in [1.54, 1.807) is 16.0 Å². The van der Waals surface area contributed by atoms with E-state index in [2.05, 4.69) is 24.8 Å². The second-order valence-electron chi connectivity index (χ2n) is 14.9. The molecule has 2 amide bonds. The number of benzene rings is 1. The fraction of sp³-hybridized carbons (Fsp3) is 0.553. The quantitative estimate of drug-likeness (QED) is 0.251. The van der Waals surface area contributed by atoms with Crippen molar-refractivity contribution < 1.29 is 28.2 Å². The summed E-state index contributed by atoms with van der Waals surface area (Å²) >= 11 is 0. The van der Waals surface area contributed by atoms with Gasteiger partial charge in [-0.05, 0) is 65.8 Å². The summed E-state index contributed by atoms with van der Waals surface area (Å²) < 4.78 is 32.8. The third kappa shape index (κ3) is 8.69. The topological polar surface area (TPSA) is 113 Å². The van der Waals surface area contributed by atoms with Crippen molar-refractivity contribution in [3.63, 3.8) is 0 Å². The van der Waals surface area contributed by atoms with Gasteiger partial charge in [0.05, 0.1) is 11.8 Å². The fourth-order valence-electron chi connectivity index (χ4n) is 7.02. The number of piperidine rings is 1. The largest absolute Gasteiger partial charge is 0.490 e. The van der Waals surface area contributed by atoms with Crippen LogP contribution < -0.4 is 14.4 Å². The lowest BCUT2D eigenvalue weighted by Crippen LogP contribution is -2.55. The van der Waals surface area contributed by atoms with E-state index in [9.17, 15) is 14.0 Å². The van der Waals surface area contributed by atoms with Crippen molar-refractivity contribution in [3.05, 3.63) is 65.6 Å². The minimum Gasteiger partial charge on any atom is -0.490 e. The fourth-order valence-corrected chi connectivity index (χ4v) is 7.02. The maximum Gasteiger partial charge on any atom is 0.410 e. The van der Waals surface area contributed by atoms with Crippen LogP contribution in [0.3, 0.4) is 0 Å². The normalized spacial score (nSPS) is 17.2. The van der Waals surface area contributed by atoms with E-state index >= 15 is 0 Å². The van der Waals surface area contributed by atoms with Crippen molar-refractivity contribution in [1.82, 2.24) is 29.7 Å². The lowest BCUT2D eigenvalue weighted by atomic mass is 9.97. The highest BCUT2D eigenvalue weighted by Crippen LogP contribution is 2.35. The minimum absolute atomic E-state index is 0.0146. The molecule has 2 aromatic heterocycles. The van der Waals surface area contributed by atoms with Crippen LogP contribution in [0, 0.1) is 11.7 Å². The van der Waals surface area contributed by atoms with Crippen molar-refractivity contribution in [2.45, 2.75) is 85.1 Å². The number of likely N-dealkylation sites (tertiary alicyclic amines) is 1. The van der Waals surface area contributed by atoms with Gasteiger partial charge in [0.1, 0.15) is 35.3 Å². The molecule has 274 valence electrons. The van der Waals surface area contributed by atoms with Crippen LogP contribution in [0.1, 0.15) is 76.0 Å². The van der Waals surface area contributed by atoms with Gasteiger partial charge in [0.25, 0.3) is 5.91 Å². The molecule has 0 spiro atoms. The average Bonchev–Trinajstić information content (AvgIpc) is 3.07. The summed E-state index contributed by atoms with van der Waals surface area (Å²) in [6.07, 6.45) is 7.07. The Morgan fingerprint density at radius 3 is 2.51 bits per heavy atom. The van der Waals surface area contributed by atoms with Gasteiger partial charge in [-0.25, -0.2) is 19.2 Å². The Morgan fingerprint density at radius 2 is 1.80 bits per heavy atom. The van der Waals surface area contributed by atoms with Crippen LogP contribution >= 0.6 is 0 Å². The van der Waals surface area contributed by atoms with Gasteiger partial charge in [0.15, 0.2) is 11.6 Å². The Kier molecular flexibility index (Phi) is 10.9. The van der Waals surface area contributed by atoms with Crippen LogP contribution in [0.5, 0.6) is 17.2 Å². The standard InChI is InChI=1S/C38H50FN7O5/c1-7-46(25(2)3)36(47)29-18-27(39)8-9-32(29)50-34-19-40-24-42-35(34)44-16-11-28(12-17-44)49-33-10-14-41-31-13-15-43(23-30(31)33)20-26-21-45(22-26)37(48)51-38(4,5)6/h8-10,14,18-19,24-26,28H,7,11-13,15-17,20-23H2,1-6H3. The monoisotopic (exact) mass is 703 g/mol. The van der Waals surface area contributed by atoms with Crippen LogP contribution in [-0.4, -0.2) is 105 Å². The molecule has 1 aromatic carbocycles. The molecule has 0 unspecified atom stereocenters. The van der Waals surface area contributed by atoms with E-state index in [4.69, 9.17) is 14.2 Å². The zero-order valence-electron chi connectivity index (χ0n) is 30.6. The third-order valence-corrected chi connectivity index (χ3v) is 9.58. The molecule has 5 heterocycles. The lowest BCUT2D eigenvalue weighted by Gasteiger charge is -2.42. The number of hydrogen-bond donors (Lipinski definition) is 0. The number of amides is 2. The SMILES string of the molecule is CCN(C(=O)c1cc(F)ccc1Oc1cncnc1N1CCC(Oc2ccnc3c2CN(CC2CN(C(=O)OC(C)(C)C)C2)CC3)CC1)C(C)C. The number of fused-ring (bicyclic) bond motifs is 1. The molecule has 3 aliphatic heterocycles. The van der Waals surface area contributed by atoms with E-state index < -0.39 is 11.4 Å². The molecule has 0 aliphatic carbocycles. The Hall–Kier alpha value is -4.52. The zero-order chi connectivity index (χ0) is 36.3. The number of anilines is 1. The molecular weight excluding hydrogens is 653 g/mol. The molecule has 0 bridgehead atoms. The molecule has 2 fully saturated rings. The number of carbonyl (C=O) groups excluding carboxylic acids is 2. The molecule has 3 aliphatic rings. The number of pyridine rings is 1. The predicted molar refractivity (Wildman–Crippen MR) is 191 cm³/mol. The zero-order valence-corrected chi connectivity index (χ0v) is 30.6. The van der Waals surface area contributed by atoms with Crippen molar-refractivity contribution >= 4 is 17.8 Å². The number of carbonyl (C=O) groups is 2. The maximum absolute atomic E-state index is 14.3. The molecule has 12 nitrogen and oxygen atoms in total. The average molecular weight is 704 g/mol. The second-order valence-corrected chi connectivity index (χ2v) is 14.9. The third-order valence-electron chi connectivity index (χ3n) is 9.58. The van der Waals surface area contributed by atoms with Crippen molar-refractivity contribution in [2.75, 3.05) is 50.7 Å². The summed E-state index contributed by atoms with van der Waals surface area (Å²) in [5.74, 6) is 1.76. The van der Waals surface area contributed by atoms with Crippen LogP contribution in [0.4, 0.5) is 15.0 Å². The summed E-state index contributed by atoms with van der Waals surface area (Å²) in [7, 11) is 0. The molecule has 2 saturated heterocycles. The molecule has 0 radical (unpaired) electrons. The molecular formula is C38H50FN7O5. The number of hydrogen-bond acceptors (Lipinski definition) is 10. The first-order valence-corrected chi connectivity index (χ1v) is 18.1. The molecule has 0 N–H and O–H groups in total.